The van der Waals surface area contributed by atoms with Crippen molar-refractivity contribution in [1.29, 1.82) is 0 Å². The van der Waals surface area contributed by atoms with E-state index in [2.05, 4.69) is 9.97 Å². The van der Waals surface area contributed by atoms with Crippen LogP contribution in [0.5, 0.6) is 11.9 Å². The Labute approximate surface area is 163 Å². The molecule has 0 spiro atoms. The van der Waals surface area contributed by atoms with E-state index in [4.69, 9.17) is 9.47 Å². The molecule has 1 aliphatic rings. The molecule has 8 heteroatoms. The number of piperidine rings is 1. The molecule has 0 bridgehead atoms. The maximum Gasteiger partial charge on any atom is 0.319 e. The maximum atomic E-state index is 13.9. The zero-order chi connectivity index (χ0) is 20.1. The summed E-state index contributed by atoms with van der Waals surface area (Å²) in [4.78, 5) is 10.5. The van der Waals surface area contributed by atoms with Gasteiger partial charge in [-0.2, -0.15) is 4.98 Å². The van der Waals surface area contributed by atoms with E-state index in [9.17, 15) is 13.9 Å². The number of aromatic nitrogens is 2. The molecule has 0 unspecified atom stereocenters. The molecule has 1 aromatic heterocycles. The van der Waals surface area contributed by atoms with Crippen molar-refractivity contribution in [2.45, 2.75) is 38.8 Å². The molecule has 6 nitrogen and oxygen atoms in total. The molecule has 0 aliphatic carbocycles. The van der Waals surface area contributed by atoms with E-state index in [1.807, 2.05) is 18.7 Å². The lowest BCUT2D eigenvalue weighted by Crippen LogP contribution is -2.42. The molecule has 0 radical (unpaired) electrons. The minimum Gasteiger partial charge on any atom is -0.478 e. The highest BCUT2D eigenvalue weighted by atomic mass is 19.1. The molecule has 1 aliphatic heterocycles. The SMILES string of the molecule is CCOc1ncc(C2(O)CCN(Cc3ccc(F)cc3F)CC2)c(OCC)n1. The largest absolute Gasteiger partial charge is 0.478 e. The normalized spacial score (nSPS) is 16.8. The summed E-state index contributed by atoms with van der Waals surface area (Å²) in [6.07, 6.45) is 2.40. The van der Waals surface area contributed by atoms with Crippen molar-refractivity contribution in [3.63, 3.8) is 0 Å². The van der Waals surface area contributed by atoms with Crippen molar-refractivity contribution in [3.8, 4) is 11.9 Å². The highest BCUT2D eigenvalue weighted by molar-refractivity contribution is 5.32. The van der Waals surface area contributed by atoms with Gasteiger partial charge in [0.2, 0.25) is 5.88 Å². The molecule has 1 fully saturated rings. The second-order valence-corrected chi connectivity index (χ2v) is 6.78. The van der Waals surface area contributed by atoms with Crippen molar-refractivity contribution in [2.75, 3.05) is 26.3 Å². The summed E-state index contributed by atoms with van der Waals surface area (Å²) in [6.45, 7) is 5.98. The van der Waals surface area contributed by atoms with Gasteiger partial charge < -0.3 is 14.6 Å². The quantitative estimate of drug-likeness (QED) is 0.780. The molecule has 28 heavy (non-hydrogen) atoms. The first-order chi connectivity index (χ1) is 13.4. The van der Waals surface area contributed by atoms with Crippen LogP contribution in [0.3, 0.4) is 0 Å². The predicted molar refractivity (Wildman–Crippen MR) is 99.1 cm³/mol. The average Bonchev–Trinajstić information content (AvgIpc) is 2.66. The number of ether oxygens (including phenoxy) is 2. The molecule has 2 heterocycles. The summed E-state index contributed by atoms with van der Waals surface area (Å²) in [5.41, 5.74) is -0.163. The summed E-state index contributed by atoms with van der Waals surface area (Å²) < 4.78 is 37.9. The smallest absolute Gasteiger partial charge is 0.319 e. The molecule has 1 N–H and O–H groups in total. The number of aliphatic hydroxyl groups is 1. The van der Waals surface area contributed by atoms with E-state index in [-0.39, 0.29) is 6.01 Å². The van der Waals surface area contributed by atoms with E-state index >= 15 is 0 Å². The fourth-order valence-corrected chi connectivity index (χ4v) is 3.36. The van der Waals surface area contributed by atoms with Gasteiger partial charge in [0.25, 0.3) is 0 Å². The Morgan fingerprint density at radius 1 is 1.14 bits per heavy atom. The molecule has 152 valence electrons. The van der Waals surface area contributed by atoms with Crippen LogP contribution in [0.2, 0.25) is 0 Å². The first kappa shape index (κ1) is 20.4. The van der Waals surface area contributed by atoms with Gasteiger partial charge >= 0.3 is 6.01 Å². The second-order valence-electron chi connectivity index (χ2n) is 6.78. The van der Waals surface area contributed by atoms with Crippen LogP contribution >= 0.6 is 0 Å². The molecule has 3 rings (SSSR count). The monoisotopic (exact) mass is 393 g/mol. The minimum atomic E-state index is -1.13. The Morgan fingerprint density at radius 2 is 1.86 bits per heavy atom. The van der Waals surface area contributed by atoms with Crippen molar-refractivity contribution in [2.24, 2.45) is 0 Å². The van der Waals surface area contributed by atoms with Gasteiger partial charge in [-0.15, -0.1) is 0 Å². The van der Waals surface area contributed by atoms with Crippen LogP contribution in [0, 0.1) is 11.6 Å². The standard InChI is InChI=1S/C20H25F2N3O3/c1-3-27-18-16(12-23-19(24-18)28-4-2)20(26)7-9-25(10-8-20)13-14-5-6-15(21)11-17(14)22/h5-6,11-12,26H,3-4,7-10,13H2,1-2H3. The van der Waals surface area contributed by atoms with Gasteiger partial charge in [0.05, 0.1) is 24.4 Å². The molecule has 0 saturated carbocycles. The summed E-state index contributed by atoms with van der Waals surface area (Å²) >= 11 is 0. The number of benzene rings is 1. The number of hydrogen-bond donors (Lipinski definition) is 1. The van der Waals surface area contributed by atoms with Gasteiger partial charge in [-0.1, -0.05) is 6.07 Å². The zero-order valence-corrected chi connectivity index (χ0v) is 16.1. The van der Waals surface area contributed by atoms with Crippen molar-refractivity contribution < 1.29 is 23.4 Å². The number of halogens is 2. The molecule has 2 aromatic rings. The van der Waals surface area contributed by atoms with E-state index < -0.39 is 17.2 Å². The molecule has 1 saturated heterocycles. The van der Waals surface area contributed by atoms with Crippen LogP contribution in [-0.4, -0.2) is 46.3 Å². The van der Waals surface area contributed by atoms with Crippen LogP contribution in [-0.2, 0) is 12.1 Å². The third-order valence-electron chi connectivity index (χ3n) is 4.88. The van der Waals surface area contributed by atoms with Gasteiger partial charge in [-0.05, 0) is 32.8 Å². The van der Waals surface area contributed by atoms with Crippen molar-refractivity contribution >= 4 is 0 Å². The molecular formula is C20H25F2N3O3. The summed E-state index contributed by atoms with van der Waals surface area (Å²) in [5, 5.41) is 11.2. The highest BCUT2D eigenvalue weighted by Crippen LogP contribution is 2.38. The van der Waals surface area contributed by atoms with Gasteiger partial charge in [0.15, 0.2) is 0 Å². The molecular weight excluding hydrogens is 368 g/mol. The number of rotatable bonds is 7. The molecule has 1 aromatic carbocycles. The molecule has 0 amide bonds. The van der Waals surface area contributed by atoms with Gasteiger partial charge in [-0.3, -0.25) is 4.90 Å². The second kappa shape index (κ2) is 8.79. The zero-order valence-electron chi connectivity index (χ0n) is 16.1. The average molecular weight is 393 g/mol. The first-order valence-electron chi connectivity index (χ1n) is 9.47. The van der Waals surface area contributed by atoms with Crippen LogP contribution < -0.4 is 9.47 Å². The van der Waals surface area contributed by atoms with E-state index in [1.165, 1.54) is 12.1 Å². The Morgan fingerprint density at radius 3 is 2.50 bits per heavy atom. The number of hydrogen-bond acceptors (Lipinski definition) is 6. The Bertz CT molecular complexity index is 811. The fourth-order valence-electron chi connectivity index (χ4n) is 3.36. The third-order valence-corrected chi connectivity index (χ3v) is 4.88. The van der Waals surface area contributed by atoms with E-state index in [0.717, 1.165) is 6.07 Å². The third kappa shape index (κ3) is 4.56. The van der Waals surface area contributed by atoms with Crippen LogP contribution in [0.4, 0.5) is 8.78 Å². The molecule has 0 atom stereocenters. The Balaban J connectivity index is 1.71. The fraction of sp³-hybridized carbons (Fsp3) is 0.500. The minimum absolute atomic E-state index is 0.211. The Hall–Kier alpha value is -2.32. The number of nitrogens with zero attached hydrogens (tertiary/aromatic N) is 3. The van der Waals surface area contributed by atoms with Crippen molar-refractivity contribution in [3.05, 3.63) is 47.2 Å². The highest BCUT2D eigenvalue weighted by Gasteiger charge is 2.37. The van der Waals surface area contributed by atoms with Crippen molar-refractivity contribution in [1.82, 2.24) is 14.9 Å². The maximum absolute atomic E-state index is 13.9. The lowest BCUT2D eigenvalue weighted by molar-refractivity contribution is -0.0305. The van der Waals surface area contributed by atoms with Crippen LogP contribution in [0.15, 0.2) is 24.4 Å². The first-order valence-corrected chi connectivity index (χ1v) is 9.47. The van der Waals surface area contributed by atoms with Crippen LogP contribution in [0.1, 0.15) is 37.8 Å². The Kier molecular flexibility index (Phi) is 6.41. The van der Waals surface area contributed by atoms with Gasteiger partial charge in [-0.25, -0.2) is 13.8 Å². The lowest BCUT2D eigenvalue weighted by Gasteiger charge is -2.38. The van der Waals surface area contributed by atoms with E-state index in [0.29, 0.717) is 62.7 Å². The summed E-state index contributed by atoms with van der Waals surface area (Å²) in [5.74, 6) is -0.825. The van der Waals surface area contributed by atoms with E-state index in [1.54, 1.807) is 6.20 Å². The van der Waals surface area contributed by atoms with Crippen LogP contribution in [0.25, 0.3) is 0 Å². The lowest BCUT2D eigenvalue weighted by atomic mass is 9.85. The van der Waals surface area contributed by atoms with Gasteiger partial charge in [0.1, 0.15) is 11.6 Å². The topological polar surface area (TPSA) is 67.7 Å². The van der Waals surface area contributed by atoms with Gasteiger partial charge in [0, 0.05) is 37.5 Å². The number of likely N-dealkylation sites (tertiary alicyclic amines) is 1. The predicted octanol–water partition coefficient (Wildman–Crippen LogP) is 3.04. The summed E-state index contributed by atoms with van der Waals surface area (Å²) in [6, 6.07) is 3.81. The summed E-state index contributed by atoms with van der Waals surface area (Å²) in [7, 11) is 0.